The molecular weight excluding hydrogens is 376 g/mol. The number of nitrogens with one attached hydrogen (secondary N) is 4. The summed E-state index contributed by atoms with van der Waals surface area (Å²) in [5.41, 5.74) is 6.01. The highest BCUT2D eigenvalue weighted by atomic mass is 32.1. The lowest BCUT2D eigenvalue weighted by molar-refractivity contribution is -0.120. The van der Waals surface area contributed by atoms with Crippen LogP contribution in [0.5, 0.6) is 0 Å². The van der Waals surface area contributed by atoms with Gasteiger partial charge in [-0.25, -0.2) is 0 Å². The Morgan fingerprint density at radius 1 is 1.04 bits per heavy atom. The van der Waals surface area contributed by atoms with E-state index in [0.29, 0.717) is 30.0 Å². The molecule has 0 atom stereocenters. The first-order chi connectivity index (χ1) is 13.3. The van der Waals surface area contributed by atoms with E-state index < -0.39 is 5.91 Å². The van der Waals surface area contributed by atoms with Gasteiger partial charge in [0.25, 0.3) is 5.91 Å². The van der Waals surface area contributed by atoms with E-state index in [2.05, 4.69) is 21.5 Å². The third-order valence-corrected chi connectivity index (χ3v) is 4.72. The van der Waals surface area contributed by atoms with E-state index in [0.717, 1.165) is 12.8 Å². The number of benzene rings is 1. The van der Waals surface area contributed by atoms with Crippen LogP contribution in [-0.4, -0.2) is 22.8 Å². The number of hydrazine groups is 1. The van der Waals surface area contributed by atoms with Crippen LogP contribution in [0.25, 0.3) is 0 Å². The van der Waals surface area contributed by atoms with E-state index in [9.17, 15) is 14.4 Å². The fraction of sp³-hybridized carbons (Fsp3) is 0.500. The van der Waals surface area contributed by atoms with Crippen molar-refractivity contribution in [2.75, 3.05) is 5.32 Å². The van der Waals surface area contributed by atoms with E-state index >= 15 is 0 Å². The molecule has 0 radical (unpaired) electrons. The lowest BCUT2D eigenvalue weighted by Crippen LogP contribution is -2.48. The standard InChI is InChI=1S/C20H28N4O3S/c1-13(2)11-17(25)21-16-9-7-15(8-10-16)19(27)23-24-20(28)22-18(26)12-14-5-3-4-6-14/h7-10,13-14H,3-6,11-12H2,1-2H3,(H,21,25)(H,23,27)(H2,22,24,26,28). The SMILES string of the molecule is CC(C)CC(=O)Nc1ccc(C(=O)NNC(=S)NC(=O)CC2CCCC2)cc1. The first-order valence-corrected chi connectivity index (χ1v) is 10.0. The summed E-state index contributed by atoms with van der Waals surface area (Å²) >= 11 is 5.04. The summed E-state index contributed by atoms with van der Waals surface area (Å²) in [6.45, 7) is 3.95. The second-order valence-electron chi connectivity index (χ2n) is 7.53. The number of amides is 3. The average molecular weight is 405 g/mol. The Morgan fingerprint density at radius 2 is 1.68 bits per heavy atom. The highest BCUT2D eigenvalue weighted by Crippen LogP contribution is 2.27. The van der Waals surface area contributed by atoms with Crippen LogP contribution in [0.3, 0.4) is 0 Å². The molecule has 4 N–H and O–H groups in total. The third kappa shape index (κ3) is 7.64. The second-order valence-corrected chi connectivity index (χ2v) is 7.94. The van der Waals surface area contributed by atoms with Crippen LogP contribution in [0.1, 0.15) is 62.7 Å². The van der Waals surface area contributed by atoms with Gasteiger partial charge >= 0.3 is 0 Å². The Hall–Kier alpha value is -2.48. The van der Waals surface area contributed by atoms with Crippen molar-refractivity contribution in [1.29, 1.82) is 0 Å². The molecule has 0 aromatic heterocycles. The lowest BCUT2D eigenvalue weighted by Gasteiger charge is -2.13. The maximum atomic E-state index is 12.2. The molecular formula is C20H28N4O3S. The van der Waals surface area contributed by atoms with Crippen molar-refractivity contribution in [3.8, 4) is 0 Å². The summed E-state index contributed by atoms with van der Waals surface area (Å²) in [5.74, 6) is 0.107. The fourth-order valence-electron chi connectivity index (χ4n) is 3.16. The molecule has 152 valence electrons. The molecule has 0 spiro atoms. The Labute approximate surface area is 171 Å². The molecule has 8 heteroatoms. The van der Waals surface area contributed by atoms with Crippen molar-refractivity contribution in [2.24, 2.45) is 11.8 Å². The molecule has 0 saturated heterocycles. The van der Waals surface area contributed by atoms with Crippen LogP contribution >= 0.6 is 12.2 Å². The van der Waals surface area contributed by atoms with E-state index in [-0.39, 0.29) is 22.8 Å². The minimum atomic E-state index is -0.396. The molecule has 7 nitrogen and oxygen atoms in total. The van der Waals surface area contributed by atoms with Crippen molar-refractivity contribution in [2.45, 2.75) is 52.4 Å². The third-order valence-electron chi connectivity index (χ3n) is 4.52. The maximum Gasteiger partial charge on any atom is 0.269 e. The normalized spacial score (nSPS) is 13.8. The Morgan fingerprint density at radius 3 is 2.29 bits per heavy atom. The minimum absolute atomic E-state index is 0.0624. The molecule has 0 unspecified atom stereocenters. The lowest BCUT2D eigenvalue weighted by atomic mass is 10.0. The van der Waals surface area contributed by atoms with Crippen molar-refractivity contribution >= 4 is 40.7 Å². The molecule has 1 aromatic rings. The molecule has 1 aromatic carbocycles. The number of anilines is 1. The molecule has 0 bridgehead atoms. The Kier molecular flexibility index (Phi) is 8.38. The van der Waals surface area contributed by atoms with Crippen LogP contribution in [0.2, 0.25) is 0 Å². The number of carbonyl (C=O) groups excluding carboxylic acids is 3. The summed E-state index contributed by atoms with van der Waals surface area (Å²) in [4.78, 5) is 35.9. The van der Waals surface area contributed by atoms with E-state index in [1.165, 1.54) is 12.8 Å². The van der Waals surface area contributed by atoms with Crippen LogP contribution in [0.4, 0.5) is 5.69 Å². The van der Waals surface area contributed by atoms with E-state index in [1.54, 1.807) is 24.3 Å². The van der Waals surface area contributed by atoms with Crippen molar-refractivity contribution < 1.29 is 14.4 Å². The zero-order chi connectivity index (χ0) is 20.5. The predicted molar refractivity (Wildman–Crippen MR) is 112 cm³/mol. The average Bonchev–Trinajstić information content (AvgIpc) is 3.12. The summed E-state index contributed by atoms with van der Waals surface area (Å²) in [6, 6.07) is 6.52. The van der Waals surface area contributed by atoms with Gasteiger partial charge in [-0.3, -0.25) is 25.2 Å². The Balaban J connectivity index is 1.73. The van der Waals surface area contributed by atoms with Gasteiger partial charge in [-0.15, -0.1) is 0 Å². The summed E-state index contributed by atoms with van der Waals surface area (Å²) in [5, 5.41) is 5.43. The molecule has 3 amide bonds. The highest BCUT2D eigenvalue weighted by Gasteiger charge is 2.19. The van der Waals surface area contributed by atoms with Gasteiger partial charge in [0, 0.05) is 24.1 Å². The quantitative estimate of drug-likeness (QED) is 0.432. The fourth-order valence-corrected chi connectivity index (χ4v) is 3.32. The second kappa shape index (κ2) is 10.8. The van der Waals surface area contributed by atoms with Gasteiger partial charge in [0.05, 0.1) is 0 Å². The highest BCUT2D eigenvalue weighted by molar-refractivity contribution is 7.80. The topological polar surface area (TPSA) is 99.3 Å². The van der Waals surface area contributed by atoms with Crippen molar-refractivity contribution in [3.05, 3.63) is 29.8 Å². The van der Waals surface area contributed by atoms with E-state index in [1.807, 2.05) is 13.8 Å². The number of hydrogen-bond acceptors (Lipinski definition) is 4. The first-order valence-electron chi connectivity index (χ1n) is 9.63. The van der Waals surface area contributed by atoms with Gasteiger partial charge in [0.2, 0.25) is 11.8 Å². The molecule has 0 aliphatic heterocycles. The van der Waals surface area contributed by atoms with Crippen LogP contribution in [0.15, 0.2) is 24.3 Å². The zero-order valence-electron chi connectivity index (χ0n) is 16.3. The first kappa shape index (κ1) is 21.8. The van der Waals surface area contributed by atoms with Crippen molar-refractivity contribution in [3.63, 3.8) is 0 Å². The van der Waals surface area contributed by atoms with Gasteiger partial charge in [-0.05, 0) is 61.2 Å². The molecule has 1 fully saturated rings. The van der Waals surface area contributed by atoms with Crippen LogP contribution in [-0.2, 0) is 9.59 Å². The summed E-state index contributed by atoms with van der Waals surface area (Å²) in [7, 11) is 0. The number of hydrogen-bond donors (Lipinski definition) is 4. The molecule has 2 rings (SSSR count). The zero-order valence-corrected chi connectivity index (χ0v) is 17.2. The molecule has 0 heterocycles. The largest absolute Gasteiger partial charge is 0.326 e. The van der Waals surface area contributed by atoms with Crippen molar-refractivity contribution in [1.82, 2.24) is 16.2 Å². The molecule has 1 aliphatic rings. The van der Waals surface area contributed by atoms with Gasteiger partial charge < -0.3 is 10.6 Å². The van der Waals surface area contributed by atoms with Crippen LogP contribution < -0.4 is 21.5 Å². The number of carbonyl (C=O) groups is 3. The van der Waals surface area contributed by atoms with Gasteiger partial charge in [-0.2, -0.15) is 0 Å². The minimum Gasteiger partial charge on any atom is -0.326 e. The van der Waals surface area contributed by atoms with Gasteiger partial charge in [0.1, 0.15) is 0 Å². The Bertz CT molecular complexity index is 713. The molecule has 1 saturated carbocycles. The summed E-state index contributed by atoms with van der Waals surface area (Å²) in [6.07, 6.45) is 5.42. The predicted octanol–water partition coefficient (Wildman–Crippen LogP) is 2.89. The van der Waals surface area contributed by atoms with E-state index in [4.69, 9.17) is 12.2 Å². The molecule has 1 aliphatic carbocycles. The smallest absolute Gasteiger partial charge is 0.269 e. The molecule has 28 heavy (non-hydrogen) atoms. The monoisotopic (exact) mass is 404 g/mol. The number of thiocarbonyl (C=S) groups is 1. The maximum absolute atomic E-state index is 12.2. The van der Waals surface area contributed by atoms with Gasteiger partial charge in [0.15, 0.2) is 5.11 Å². The van der Waals surface area contributed by atoms with Gasteiger partial charge in [-0.1, -0.05) is 26.7 Å². The number of rotatable bonds is 6. The van der Waals surface area contributed by atoms with Crippen LogP contribution in [0, 0.1) is 11.8 Å². The summed E-state index contributed by atoms with van der Waals surface area (Å²) < 4.78 is 0.